The summed E-state index contributed by atoms with van der Waals surface area (Å²) >= 11 is 0. The van der Waals surface area contributed by atoms with Gasteiger partial charge < -0.3 is 14.2 Å². The Hall–Kier alpha value is -2.96. The predicted octanol–water partition coefficient (Wildman–Crippen LogP) is 3.92. The van der Waals surface area contributed by atoms with E-state index in [-0.39, 0.29) is 5.91 Å². The topological polar surface area (TPSA) is 28.0 Å². The zero-order valence-corrected chi connectivity index (χ0v) is 14.5. The fourth-order valence-electron chi connectivity index (χ4n) is 3.40. The van der Waals surface area contributed by atoms with Gasteiger partial charge in [-0.3, -0.25) is 4.79 Å². The molecule has 140 valence electrons. The molecule has 0 atom stereocenters. The number of benzene rings is 1. The number of carbonyl (C=O) groups excluding carboxylic acids is 1. The van der Waals surface area contributed by atoms with Gasteiger partial charge in [0.1, 0.15) is 0 Å². The average molecular weight is 373 g/mol. The molecular formula is C20H18F3N3O. The molecule has 0 spiro atoms. The van der Waals surface area contributed by atoms with Gasteiger partial charge in [-0.05, 0) is 36.4 Å². The third kappa shape index (κ3) is 3.49. The van der Waals surface area contributed by atoms with Gasteiger partial charge in [-0.25, -0.2) is 0 Å². The van der Waals surface area contributed by atoms with E-state index in [0.29, 0.717) is 37.4 Å². The summed E-state index contributed by atoms with van der Waals surface area (Å²) in [5.41, 5.74) is 1.45. The molecule has 4 nitrogen and oxygen atoms in total. The number of fused-ring (bicyclic) bond motifs is 1. The lowest BCUT2D eigenvalue weighted by Gasteiger charge is -2.36. The zero-order valence-electron chi connectivity index (χ0n) is 14.5. The highest BCUT2D eigenvalue weighted by Crippen LogP contribution is 2.32. The minimum absolute atomic E-state index is 0.0533. The van der Waals surface area contributed by atoms with E-state index in [9.17, 15) is 18.0 Å². The molecular weight excluding hydrogens is 355 g/mol. The van der Waals surface area contributed by atoms with Crippen LogP contribution in [0.3, 0.4) is 0 Å². The Balaban J connectivity index is 1.45. The highest BCUT2D eigenvalue weighted by atomic mass is 19.4. The summed E-state index contributed by atoms with van der Waals surface area (Å²) in [6.45, 7) is 1.95. The molecule has 0 N–H and O–H groups in total. The maximum absolute atomic E-state index is 12.9. The summed E-state index contributed by atoms with van der Waals surface area (Å²) in [6, 6.07) is 12.9. The molecule has 7 heteroatoms. The lowest BCUT2D eigenvalue weighted by Crippen LogP contribution is -2.48. The van der Waals surface area contributed by atoms with Crippen LogP contribution in [0.5, 0.6) is 0 Å². The molecule has 0 unspecified atom stereocenters. The van der Waals surface area contributed by atoms with E-state index in [1.54, 1.807) is 17.2 Å². The van der Waals surface area contributed by atoms with Crippen molar-refractivity contribution in [2.24, 2.45) is 0 Å². The molecule has 0 radical (unpaired) electrons. The van der Waals surface area contributed by atoms with Crippen molar-refractivity contribution in [3.8, 4) is 0 Å². The van der Waals surface area contributed by atoms with Gasteiger partial charge in [-0.1, -0.05) is 12.1 Å². The van der Waals surface area contributed by atoms with Crippen LogP contribution in [0.25, 0.3) is 5.52 Å². The Morgan fingerprint density at radius 3 is 2.41 bits per heavy atom. The molecule has 0 bridgehead atoms. The van der Waals surface area contributed by atoms with Gasteiger partial charge in [0.15, 0.2) is 0 Å². The van der Waals surface area contributed by atoms with Gasteiger partial charge in [0, 0.05) is 49.8 Å². The highest BCUT2D eigenvalue weighted by molar-refractivity contribution is 5.95. The Morgan fingerprint density at radius 1 is 0.926 bits per heavy atom. The number of hydrogen-bond donors (Lipinski definition) is 0. The Labute approximate surface area is 154 Å². The molecule has 1 aromatic carbocycles. The maximum Gasteiger partial charge on any atom is 0.416 e. The highest BCUT2D eigenvalue weighted by Gasteiger charge is 2.31. The first-order valence-corrected chi connectivity index (χ1v) is 8.70. The van der Waals surface area contributed by atoms with Crippen LogP contribution in [0.1, 0.15) is 15.9 Å². The molecule has 1 amide bonds. The normalized spacial score (nSPS) is 15.4. The summed E-state index contributed by atoms with van der Waals surface area (Å²) < 4.78 is 40.6. The number of piperazine rings is 1. The summed E-state index contributed by atoms with van der Waals surface area (Å²) in [5.74, 6) is -0.0533. The predicted molar refractivity (Wildman–Crippen MR) is 97.0 cm³/mol. The molecule has 1 aliphatic heterocycles. The van der Waals surface area contributed by atoms with E-state index in [4.69, 9.17) is 0 Å². The second-order valence-electron chi connectivity index (χ2n) is 6.59. The van der Waals surface area contributed by atoms with Gasteiger partial charge in [0.05, 0.1) is 11.1 Å². The smallest absolute Gasteiger partial charge is 0.368 e. The number of nitrogens with zero attached hydrogens (tertiary/aromatic N) is 3. The standard InChI is InChI=1S/C20H18F3N3O/c21-20(22,23)16-4-3-6-18(13-16)24-8-10-25(11-9-24)19(27)15-12-17-5-1-2-7-26(17)14-15/h1-7,12-14H,8-11H2. The van der Waals surface area contributed by atoms with Gasteiger partial charge in [0.2, 0.25) is 0 Å². The number of alkyl halides is 3. The summed E-state index contributed by atoms with van der Waals surface area (Å²) in [7, 11) is 0. The van der Waals surface area contributed by atoms with E-state index < -0.39 is 11.7 Å². The summed E-state index contributed by atoms with van der Waals surface area (Å²) in [5, 5.41) is 0. The zero-order chi connectivity index (χ0) is 19.0. The maximum atomic E-state index is 12.9. The van der Waals surface area contributed by atoms with Crippen LogP contribution in [-0.2, 0) is 6.18 Å². The second-order valence-corrected chi connectivity index (χ2v) is 6.59. The number of halogens is 3. The van der Waals surface area contributed by atoms with Crippen molar-refractivity contribution in [1.29, 1.82) is 0 Å². The number of hydrogen-bond acceptors (Lipinski definition) is 2. The third-order valence-corrected chi connectivity index (χ3v) is 4.86. The van der Waals surface area contributed by atoms with Crippen molar-refractivity contribution in [2.45, 2.75) is 6.18 Å². The first-order valence-electron chi connectivity index (χ1n) is 8.70. The molecule has 0 aliphatic carbocycles. The summed E-state index contributed by atoms with van der Waals surface area (Å²) in [6.07, 6.45) is -0.667. The average Bonchev–Trinajstić information content (AvgIpc) is 3.11. The minimum atomic E-state index is -4.36. The molecule has 1 aliphatic rings. The molecule has 1 fully saturated rings. The van der Waals surface area contributed by atoms with Crippen LogP contribution in [0.2, 0.25) is 0 Å². The lowest BCUT2D eigenvalue weighted by atomic mass is 10.1. The second kappa shape index (κ2) is 6.64. The van der Waals surface area contributed by atoms with Crippen molar-refractivity contribution in [3.05, 3.63) is 72.1 Å². The Bertz CT molecular complexity index is 939. The first-order chi connectivity index (χ1) is 12.9. The molecule has 1 saturated heterocycles. The third-order valence-electron chi connectivity index (χ3n) is 4.86. The van der Waals surface area contributed by atoms with Crippen molar-refractivity contribution >= 4 is 17.1 Å². The molecule has 3 aromatic rings. The largest absolute Gasteiger partial charge is 0.416 e. The van der Waals surface area contributed by atoms with Crippen LogP contribution >= 0.6 is 0 Å². The molecule has 27 heavy (non-hydrogen) atoms. The quantitative estimate of drug-likeness (QED) is 0.681. The van der Waals surface area contributed by atoms with Gasteiger partial charge in [-0.15, -0.1) is 0 Å². The number of pyridine rings is 1. The van der Waals surface area contributed by atoms with E-state index in [0.717, 1.165) is 17.6 Å². The van der Waals surface area contributed by atoms with E-state index in [1.807, 2.05) is 39.8 Å². The van der Waals surface area contributed by atoms with Crippen LogP contribution in [0.15, 0.2) is 60.9 Å². The van der Waals surface area contributed by atoms with Gasteiger partial charge in [0.25, 0.3) is 5.91 Å². The summed E-state index contributed by atoms with van der Waals surface area (Å²) in [4.78, 5) is 16.4. The van der Waals surface area contributed by atoms with Crippen LogP contribution in [0.4, 0.5) is 18.9 Å². The molecule has 3 heterocycles. The van der Waals surface area contributed by atoms with Crippen molar-refractivity contribution in [2.75, 3.05) is 31.1 Å². The fourth-order valence-corrected chi connectivity index (χ4v) is 3.40. The fraction of sp³-hybridized carbons (Fsp3) is 0.250. The SMILES string of the molecule is O=C(c1cc2ccccn2c1)N1CCN(c2cccc(C(F)(F)F)c2)CC1. The number of anilines is 1. The minimum Gasteiger partial charge on any atom is -0.368 e. The van der Waals surface area contributed by atoms with Gasteiger partial charge >= 0.3 is 6.18 Å². The van der Waals surface area contributed by atoms with Crippen LogP contribution in [0, 0.1) is 0 Å². The number of aromatic nitrogens is 1. The van der Waals surface area contributed by atoms with E-state index >= 15 is 0 Å². The first kappa shape index (κ1) is 17.5. The molecule has 2 aromatic heterocycles. The Kier molecular flexibility index (Phi) is 4.30. The number of carbonyl (C=O) groups is 1. The lowest BCUT2D eigenvalue weighted by molar-refractivity contribution is -0.137. The monoisotopic (exact) mass is 373 g/mol. The van der Waals surface area contributed by atoms with Crippen molar-refractivity contribution in [3.63, 3.8) is 0 Å². The Morgan fingerprint density at radius 2 is 1.70 bits per heavy atom. The van der Waals surface area contributed by atoms with Crippen molar-refractivity contribution in [1.82, 2.24) is 9.30 Å². The molecule has 4 rings (SSSR count). The van der Waals surface area contributed by atoms with Crippen LogP contribution in [-0.4, -0.2) is 41.4 Å². The van der Waals surface area contributed by atoms with Gasteiger partial charge in [-0.2, -0.15) is 13.2 Å². The number of amides is 1. The number of rotatable bonds is 2. The van der Waals surface area contributed by atoms with Crippen LogP contribution < -0.4 is 4.90 Å². The van der Waals surface area contributed by atoms with E-state index in [2.05, 4.69) is 0 Å². The molecule has 0 saturated carbocycles. The van der Waals surface area contributed by atoms with Crippen molar-refractivity contribution < 1.29 is 18.0 Å². The van der Waals surface area contributed by atoms with E-state index in [1.165, 1.54) is 6.07 Å².